The van der Waals surface area contributed by atoms with Gasteiger partial charge in [-0.3, -0.25) is 4.79 Å². The molecular formula is C17H16ClNO4. The van der Waals surface area contributed by atoms with Gasteiger partial charge >= 0.3 is 5.97 Å². The maximum Gasteiger partial charge on any atom is 0.335 e. The smallest absolute Gasteiger partial charge is 0.335 e. The zero-order valence-electron chi connectivity index (χ0n) is 12.7. The lowest BCUT2D eigenvalue weighted by atomic mass is 10.1. The van der Waals surface area contributed by atoms with Crippen LogP contribution in [0.5, 0.6) is 5.75 Å². The van der Waals surface area contributed by atoms with E-state index >= 15 is 0 Å². The monoisotopic (exact) mass is 333 g/mol. The lowest BCUT2D eigenvalue weighted by molar-refractivity contribution is 0.0696. The lowest BCUT2D eigenvalue weighted by Gasteiger charge is -2.12. The Morgan fingerprint density at radius 2 is 1.87 bits per heavy atom. The molecule has 6 heteroatoms. The second-order valence-corrected chi connectivity index (χ2v) is 5.56. The number of amides is 1. The van der Waals surface area contributed by atoms with Gasteiger partial charge in [-0.15, -0.1) is 0 Å². The van der Waals surface area contributed by atoms with Crippen molar-refractivity contribution in [1.29, 1.82) is 0 Å². The number of carbonyl (C=O) groups is 2. The third kappa shape index (κ3) is 4.47. The van der Waals surface area contributed by atoms with Crippen molar-refractivity contribution in [2.24, 2.45) is 0 Å². The fourth-order valence-electron chi connectivity index (χ4n) is 1.93. The third-order valence-electron chi connectivity index (χ3n) is 2.93. The number of benzene rings is 2. The predicted octanol–water partition coefficient (Wildman–Crippen LogP) is 4.08. The average Bonchev–Trinajstić information content (AvgIpc) is 2.48. The van der Waals surface area contributed by atoms with Crippen molar-refractivity contribution in [1.82, 2.24) is 0 Å². The molecule has 0 saturated heterocycles. The first-order chi connectivity index (χ1) is 10.9. The van der Waals surface area contributed by atoms with Gasteiger partial charge in [0.2, 0.25) is 0 Å². The number of nitrogens with one attached hydrogen (secondary N) is 1. The van der Waals surface area contributed by atoms with E-state index in [0.29, 0.717) is 11.3 Å². The number of hydrogen-bond donors (Lipinski definition) is 2. The fourth-order valence-corrected chi connectivity index (χ4v) is 2.10. The minimum atomic E-state index is -1.09. The van der Waals surface area contributed by atoms with E-state index in [0.717, 1.165) is 0 Å². The minimum absolute atomic E-state index is 0.00463. The van der Waals surface area contributed by atoms with E-state index in [4.69, 9.17) is 21.4 Å². The van der Waals surface area contributed by atoms with Gasteiger partial charge in [-0.1, -0.05) is 17.7 Å². The Labute approximate surface area is 138 Å². The molecule has 5 nitrogen and oxygen atoms in total. The number of carboxylic acid groups (broad SMARTS) is 1. The van der Waals surface area contributed by atoms with Crippen LogP contribution in [-0.4, -0.2) is 23.1 Å². The maximum atomic E-state index is 12.3. The normalized spacial score (nSPS) is 10.4. The van der Waals surface area contributed by atoms with Crippen LogP contribution in [0.1, 0.15) is 34.6 Å². The Balaban J connectivity index is 2.22. The van der Waals surface area contributed by atoms with Crippen LogP contribution in [0.15, 0.2) is 42.5 Å². The van der Waals surface area contributed by atoms with Gasteiger partial charge in [0.25, 0.3) is 5.91 Å². The van der Waals surface area contributed by atoms with E-state index in [1.54, 1.807) is 24.3 Å². The zero-order valence-corrected chi connectivity index (χ0v) is 13.4. The van der Waals surface area contributed by atoms with Gasteiger partial charge in [0, 0.05) is 5.56 Å². The van der Waals surface area contributed by atoms with Crippen molar-refractivity contribution in [3.05, 3.63) is 58.6 Å². The Morgan fingerprint density at radius 3 is 2.52 bits per heavy atom. The molecule has 0 aliphatic carbocycles. The predicted molar refractivity (Wildman–Crippen MR) is 88.6 cm³/mol. The summed E-state index contributed by atoms with van der Waals surface area (Å²) < 4.78 is 5.55. The molecule has 1 amide bonds. The molecule has 2 aromatic carbocycles. The van der Waals surface area contributed by atoms with Crippen LogP contribution < -0.4 is 10.1 Å². The van der Waals surface area contributed by atoms with E-state index in [-0.39, 0.29) is 22.4 Å². The highest BCUT2D eigenvalue weighted by atomic mass is 35.5. The molecule has 0 heterocycles. The highest BCUT2D eigenvalue weighted by Crippen LogP contribution is 2.24. The Bertz CT molecular complexity index is 743. The molecule has 0 atom stereocenters. The molecule has 0 aromatic heterocycles. The van der Waals surface area contributed by atoms with Crippen molar-refractivity contribution in [2.45, 2.75) is 20.0 Å². The summed E-state index contributed by atoms with van der Waals surface area (Å²) in [6.07, 6.45) is -0.00463. The van der Waals surface area contributed by atoms with Gasteiger partial charge in [0.15, 0.2) is 0 Å². The number of carbonyl (C=O) groups excluding carboxylic acids is 1. The van der Waals surface area contributed by atoms with Crippen molar-refractivity contribution in [3.8, 4) is 5.75 Å². The van der Waals surface area contributed by atoms with E-state index in [1.165, 1.54) is 18.2 Å². The quantitative estimate of drug-likeness (QED) is 0.864. The van der Waals surface area contributed by atoms with Crippen LogP contribution in [0, 0.1) is 0 Å². The van der Waals surface area contributed by atoms with Crippen LogP contribution in [0.2, 0.25) is 5.02 Å². The van der Waals surface area contributed by atoms with E-state index in [1.807, 2.05) is 13.8 Å². The van der Waals surface area contributed by atoms with Crippen LogP contribution in [0.25, 0.3) is 0 Å². The van der Waals surface area contributed by atoms with Gasteiger partial charge in [0.1, 0.15) is 5.75 Å². The Kier molecular flexibility index (Phi) is 5.24. The minimum Gasteiger partial charge on any atom is -0.491 e. The summed E-state index contributed by atoms with van der Waals surface area (Å²) in [6, 6.07) is 10.8. The second-order valence-electron chi connectivity index (χ2n) is 5.15. The molecule has 0 spiro atoms. The largest absolute Gasteiger partial charge is 0.491 e. The standard InChI is InChI=1S/C17H16ClNO4/c1-10(2)23-13-5-3-4-11(8-13)16(20)19-15-9-12(17(21)22)6-7-14(15)18/h3-10H,1-2H3,(H,19,20)(H,21,22). The van der Waals surface area contributed by atoms with Crippen LogP contribution in [-0.2, 0) is 0 Å². The van der Waals surface area contributed by atoms with Gasteiger partial charge < -0.3 is 15.2 Å². The first kappa shape index (κ1) is 16.8. The first-order valence-electron chi connectivity index (χ1n) is 6.97. The highest BCUT2D eigenvalue weighted by Gasteiger charge is 2.12. The number of anilines is 1. The number of ether oxygens (including phenoxy) is 1. The maximum absolute atomic E-state index is 12.3. The summed E-state index contributed by atoms with van der Waals surface area (Å²) in [4.78, 5) is 23.3. The van der Waals surface area contributed by atoms with Crippen LogP contribution in [0.3, 0.4) is 0 Å². The molecule has 2 aromatic rings. The van der Waals surface area contributed by atoms with E-state index in [9.17, 15) is 9.59 Å². The second kappa shape index (κ2) is 7.15. The van der Waals surface area contributed by atoms with Crippen LogP contribution >= 0.6 is 11.6 Å². The molecule has 0 bridgehead atoms. The Morgan fingerprint density at radius 1 is 1.13 bits per heavy atom. The molecule has 0 aliphatic heterocycles. The number of carboxylic acids is 1. The van der Waals surface area contributed by atoms with Gasteiger partial charge in [-0.2, -0.15) is 0 Å². The molecule has 0 aliphatic rings. The number of halogens is 1. The Hall–Kier alpha value is -2.53. The number of hydrogen-bond acceptors (Lipinski definition) is 3. The van der Waals surface area contributed by atoms with E-state index < -0.39 is 11.9 Å². The van der Waals surface area contributed by atoms with Gasteiger partial charge in [-0.05, 0) is 50.2 Å². The summed E-state index contributed by atoms with van der Waals surface area (Å²) in [6.45, 7) is 3.79. The molecular weight excluding hydrogens is 318 g/mol. The topological polar surface area (TPSA) is 75.6 Å². The van der Waals surface area contributed by atoms with Gasteiger partial charge in [0.05, 0.1) is 22.4 Å². The molecule has 0 saturated carbocycles. The van der Waals surface area contributed by atoms with Crippen molar-refractivity contribution in [3.63, 3.8) is 0 Å². The third-order valence-corrected chi connectivity index (χ3v) is 3.26. The molecule has 2 rings (SSSR count). The summed E-state index contributed by atoms with van der Waals surface area (Å²) in [5.74, 6) is -0.911. The first-order valence-corrected chi connectivity index (χ1v) is 7.35. The SMILES string of the molecule is CC(C)Oc1cccc(C(=O)Nc2cc(C(=O)O)ccc2Cl)c1. The molecule has 0 radical (unpaired) electrons. The number of rotatable bonds is 5. The van der Waals surface area contributed by atoms with Crippen LogP contribution in [0.4, 0.5) is 5.69 Å². The average molecular weight is 334 g/mol. The molecule has 23 heavy (non-hydrogen) atoms. The number of aromatic carboxylic acids is 1. The zero-order chi connectivity index (χ0) is 17.0. The molecule has 0 fully saturated rings. The van der Waals surface area contributed by atoms with E-state index in [2.05, 4.69) is 5.32 Å². The van der Waals surface area contributed by atoms with Crippen molar-refractivity contribution >= 4 is 29.2 Å². The summed E-state index contributed by atoms with van der Waals surface area (Å²) in [5.41, 5.74) is 0.674. The highest BCUT2D eigenvalue weighted by molar-refractivity contribution is 6.34. The summed E-state index contributed by atoms with van der Waals surface area (Å²) in [7, 11) is 0. The summed E-state index contributed by atoms with van der Waals surface area (Å²) in [5, 5.41) is 11.9. The summed E-state index contributed by atoms with van der Waals surface area (Å²) >= 11 is 6.00. The molecule has 0 unspecified atom stereocenters. The molecule has 2 N–H and O–H groups in total. The van der Waals surface area contributed by atoms with Crippen molar-refractivity contribution in [2.75, 3.05) is 5.32 Å². The fraction of sp³-hybridized carbons (Fsp3) is 0.176. The van der Waals surface area contributed by atoms with Crippen molar-refractivity contribution < 1.29 is 19.4 Å². The molecule has 120 valence electrons. The lowest BCUT2D eigenvalue weighted by Crippen LogP contribution is -2.13. The van der Waals surface area contributed by atoms with Gasteiger partial charge in [-0.25, -0.2) is 4.79 Å².